The highest BCUT2D eigenvalue weighted by Gasteiger charge is 2.50. The summed E-state index contributed by atoms with van der Waals surface area (Å²) in [6.45, 7) is 13.4. The van der Waals surface area contributed by atoms with Crippen LogP contribution < -0.4 is 0 Å². The molecule has 1 saturated heterocycles. The first-order valence-electron chi connectivity index (χ1n) is 7.63. The molecule has 1 N–H and O–H groups in total. The monoisotopic (exact) mass is 345 g/mol. The van der Waals surface area contributed by atoms with Crippen LogP contribution in [0.1, 0.15) is 34.6 Å². The van der Waals surface area contributed by atoms with Crippen LogP contribution in [0, 0.1) is 0 Å². The highest BCUT2D eigenvalue weighted by Crippen LogP contribution is 2.40. The van der Waals surface area contributed by atoms with Gasteiger partial charge in [-0.05, 0) is 30.6 Å². The molecule has 1 fully saturated rings. The zero-order valence-electron chi connectivity index (χ0n) is 14.8. The molecule has 0 aromatic carbocycles. The van der Waals surface area contributed by atoms with E-state index >= 15 is 0 Å². The minimum Gasteiger partial charge on any atom is -0.457 e. The molecule has 0 saturated carbocycles. The fraction of sp³-hybridized carbons (Fsp3) is 0.929. The molecule has 5 atom stereocenters. The Kier molecular flexibility index (Phi) is 6.23. The summed E-state index contributed by atoms with van der Waals surface area (Å²) in [6.07, 6.45) is -3.54. The van der Waals surface area contributed by atoms with Crippen LogP contribution in [0.15, 0.2) is 5.11 Å². The summed E-state index contributed by atoms with van der Waals surface area (Å²) in [4.78, 5) is 14.1. The van der Waals surface area contributed by atoms with Gasteiger partial charge >= 0.3 is 5.97 Å². The summed E-state index contributed by atoms with van der Waals surface area (Å²) in [5, 5.41) is 13.7. The van der Waals surface area contributed by atoms with Gasteiger partial charge in [0.15, 0.2) is 20.7 Å². The Morgan fingerprint density at radius 1 is 1.35 bits per heavy atom. The minimum absolute atomic E-state index is 0.0549. The number of ether oxygens (including phenoxy) is 2. The van der Waals surface area contributed by atoms with Gasteiger partial charge in [-0.3, -0.25) is 4.79 Å². The van der Waals surface area contributed by atoms with E-state index in [0.29, 0.717) is 0 Å². The van der Waals surface area contributed by atoms with Crippen LogP contribution in [0.25, 0.3) is 10.4 Å². The van der Waals surface area contributed by atoms with E-state index in [4.69, 9.17) is 19.4 Å². The second kappa shape index (κ2) is 7.19. The van der Waals surface area contributed by atoms with Gasteiger partial charge in [-0.1, -0.05) is 25.9 Å². The number of hydrogen-bond acceptors (Lipinski definition) is 6. The molecule has 0 amide bonds. The van der Waals surface area contributed by atoms with E-state index in [2.05, 4.69) is 43.9 Å². The lowest BCUT2D eigenvalue weighted by atomic mass is 9.97. The maximum atomic E-state index is 11.3. The second-order valence-electron chi connectivity index (χ2n) is 7.34. The maximum absolute atomic E-state index is 11.3. The van der Waals surface area contributed by atoms with Crippen LogP contribution in [0.4, 0.5) is 0 Å². The molecule has 1 aliphatic rings. The van der Waals surface area contributed by atoms with Crippen LogP contribution in [0.2, 0.25) is 18.1 Å². The molecule has 23 heavy (non-hydrogen) atoms. The molecule has 0 unspecified atom stereocenters. The molecular weight excluding hydrogens is 318 g/mol. The fourth-order valence-corrected chi connectivity index (χ4v) is 3.57. The van der Waals surface area contributed by atoms with Crippen LogP contribution in [0.5, 0.6) is 0 Å². The lowest BCUT2D eigenvalue weighted by molar-refractivity contribution is -0.252. The van der Waals surface area contributed by atoms with E-state index in [0.717, 1.165) is 0 Å². The number of aliphatic hydroxyl groups excluding tert-OH is 1. The van der Waals surface area contributed by atoms with Crippen molar-refractivity contribution in [2.24, 2.45) is 5.11 Å². The molecule has 1 rings (SSSR count). The summed E-state index contributed by atoms with van der Waals surface area (Å²) in [5.74, 6) is -0.587. The first kappa shape index (κ1) is 19.9. The van der Waals surface area contributed by atoms with E-state index in [9.17, 15) is 9.90 Å². The SMILES string of the molecule is CC(=O)O[C@@H]1[C@@H](N=[N+]=[N-])[C@H](O[Si](C)(C)C(C)(C)C)[C@@H](C)O[C@@H]1O. The maximum Gasteiger partial charge on any atom is 0.303 e. The Hall–Kier alpha value is -1.12. The normalized spacial score (nSPS) is 32.1. The lowest BCUT2D eigenvalue weighted by Crippen LogP contribution is -2.61. The number of carbonyl (C=O) groups excluding carboxylic acids is 1. The van der Waals surface area contributed by atoms with Crippen molar-refractivity contribution in [2.45, 2.75) is 83.4 Å². The third kappa shape index (κ3) is 4.68. The topological polar surface area (TPSA) is 114 Å². The molecule has 8 nitrogen and oxygen atoms in total. The van der Waals surface area contributed by atoms with Crippen molar-refractivity contribution in [1.82, 2.24) is 0 Å². The summed E-state index contributed by atoms with van der Waals surface area (Å²) in [6, 6.07) is -0.850. The van der Waals surface area contributed by atoms with Gasteiger partial charge in [0, 0.05) is 11.8 Å². The molecule has 1 heterocycles. The number of hydrogen-bond donors (Lipinski definition) is 1. The smallest absolute Gasteiger partial charge is 0.303 e. The highest BCUT2D eigenvalue weighted by molar-refractivity contribution is 6.74. The molecule has 0 bridgehead atoms. The van der Waals surface area contributed by atoms with Gasteiger partial charge < -0.3 is 19.0 Å². The van der Waals surface area contributed by atoms with Crippen LogP contribution in [-0.2, 0) is 18.7 Å². The van der Waals surface area contributed by atoms with Gasteiger partial charge in [-0.15, -0.1) is 0 Å². The summed E-state index contributed by atoms with van der Waals surface area (Å²) in [5.41, 5.74) is 8.87. The Morgan fingerprint density at radius 3 is 2.35 bits per heavy atom. The van der Waals surface area contributed by atoms with E-state index in [1.54, 1.807) is 6.92 Å². The minimum atomic E-state index is -2.18. The quantitative estimate of drug-likeness (QED) is 0.277. The molecule has 0 spiro atoms. The molecule has 0 radical (unpaired) electrons. The number of azide groups is 1. The Labute approximate surface area is 137 Å². The van der Waals surface area contributed by atoms with Crippen molar-refractivity contribution in [3.63, 3.8) is 0 Å². The van der Waals surface area contributed by atoms with Crippen molar-refractivity contribution >= 4 is 14.3 Å². The van der Waals surface area contributed by atoms with Crippen LogP contribution in [0.3, 0.4) is 0 Å². The number of nitrogens with zero attached hydrogens (tertiary/aromatic N) is 3. The number of carbonyl (C=O) groups is 1. The average molecular weight is 345 g/mol. The zero-order valence-corrected chi connectivity index (χ0v) is 15.8. The predicted octanol–water partition coefficient (Wildman–Crippen LogP) is 2.72. The lowest BCUT2D eigenvalue weighted by Gasteiger charge is -2.47. The third-order valence-corrected chi connectivity index (χ3v) is 8.97. The summed E-state index contributed by atoms with van der Waals surface area (Å²) >= 11 is 0. The molecule has 0 aromatic heterocycles. The number of rotatable bonds is 4. The van der Waals surface area contributed by atoms with Crippen molar-refractivity contribution in [1.29, 1.82) is 0 Å². The predicted molar refractivity (Wildman–Crippen MR) is 87.1 cm³/mol. The third-order valence-electron chi connectivity index (χ3n) is 4.49. The Bertz CT molecular complexity index is 487. The second-order valence-corrected chi connectivity index (χ2v) is 12.1. The van der Waals surface area contributed by atoms with Gasteiger partial charge in [0.05, 0.1) is 12.2 Å². The molecule has 0 aliphatic carbocycles. The highest BCUT2D eigenvalue weighted by atomic mass is 28.4. The molecule has 132 valence electrons. The first-order valence-corrected chi connectivity index (χ1v) is 10.5. The average Bonchev–Trinajstić information content (AvgIpc) is 2.37. The Morgan fingerprint density at radius 2 is 1.91 bits per heavy atom. The molecular formula is C14H27N3O5Si. The van der Waals surface area contributed by atoms with Gasteiger partial charge in [0.25, 0.3) is 0 Å². The molecule has 1 aliphatic heterocycles. The van der Waals surface area contributed by atoms with E-state index in [1.807, 2.05) is 0 Å². The Balaban J connectivity index is 3.15. The van der Waals surface area contributed by atoms with Crippen LogP contribution >= 0.6 is 0 Å². The van der Waals surface area contributed by atoms with Crippen molar-refractivity contribution in [2.75, 3.05) is 0 Å². The number of aliphatic hydroxyl groups is 1. The summed E-state index contributed by atoms with van der Waals surface area (Å²) in [7, 11) is -2.18. The van der Waals surface area contributed by atoms with Gasteiger partial charge in [0.2, 0.25) is 0 Å². The number of esters is 1. The van der Waals surface area contributed by atoms with Crippen molar-refractivity contribution in [3.05, 3.63) is 10.4 Å². The largest absolute Gasteiger partial charge is 0.457 e. The standard InChI is InChI=1S/C14H27N3O5Si/c1-8-11(22-23(6,7)14(3,4)5)10(16-17-15)12(13(19)20-8)21-9(2)18/h8,10-13,19H,1-7H3/t8-,10+,11-,12-,13+/m1/s1. The first-order chi connectivity index (χ1) is 10.4. The van der Waals surface area contributed by atoms with Crippen molar-refractivity contribution in [3.8, 4) is 0 Å². The van der Waals surface area contributed by atoms with Crippen molar-refractivity contribution < 1.29 is 23.8 Å². The van der Waals surface area contributed by atoms with Gasteiger partial charge in [-0.2, -0.15) is 0 Å². The summed E-state index contributed by atoms with van der Waals surface area (Å²) < 4.78 is 16.9. The fourth-order valence-electron chi connectivity index (χ4n) is 2.20. The van der Waals surface area contributed by atoms with Crippen LogP contribution in [-0.4, -0.2) is 50.0 Å². The molecule has 0 aromatic rings. The van der Waals surface area contributed by atoms with Gasteiger partial charge in [-0.25, -0.2) is 0 Å². The van der Waals surface area contributed by atoms with E-state index in [1.165, 1.54) is 6.92 Å². The zero-order chi connectivity index (χ0) is 18.0. The van der Waals surface area contributed by atoms with Gasteiger partial charge in [0.1, 0.15) is 6.04 Å². The van der Waals surface area contributed by atoms with E-state index < -0.39 is 44.9 Å². The molecule has 9 heteroatoms. The van der Waals surface area contributed by atoms with E-state index in [-0.39, 0.29) is 5.04 Å².